The van der Waals surface area contributed by atoms with Crippen molar-refractivity contribution in [1.29, 1.82) is 0 Å². The molecule has 0 radical (unpaired) electrons. The van der Waals surface area contributed by atoms with Gasteiger partial charge in [0.2, 0.25) is 5.91 Å². The maximum Gasteiger partial charge on any atom is 0.220 e. The van der Waals surface area contributed by atoms with E-state index < -0.39 is 0 Å². The van der Waals surface area contributed by atoms with E-state index in [2.05, 4.69) is 24.4 Å². The minimum absolute atomic E-state index is 0.0838. The molecule has 0 bridgehead atoms. The number of rotatable bonds is 7. The number of amides is 1. The first-order valence-electron chi connectivity index (χ1n) is 7.72. The third kappa shape index (κ3) is 5.53. The zero-order valence-corrected chi connectivity index (χ0v) is 13.6. The molecule has 1 atom stereocenters. The summed E-state index contributed by atoms with van der Waals surface area (Å²) in [5, 5.41) is 3.79. The monoisotopic (exact) mass is 315 g/mol. The molecule has 0 saturated carbocycles. The lowest BCUT2D eigenvalue weighted by Gasteiger charge is -2.14. The van der Waals surface area contributed by atoms with Gasteiger partial charge in [-0.25, -0.2) is 0 Å². The van der Waals surface area contributed by atoms with Gasteiger partial charge >= 0.3 is 0 Å². The Kier molecular flexibility index (Phi) is 6.47. The molecule has 116 valence electrons. The molecule has 2 nitrogen and oxygen atoms in total. The van der Waals surface area contributed by atoms with E-state index in [1.807, 2.05) is 42.5 Å². The van der Waals surface area contributed by atoms with Crippen molar-refractivity contribution in [2.45, 2.75) is 38.6 Å². The van der Waals surface area contributed by atoms with Gasteiger partial charge in [-0.2, -0.15) is 0 Å². The van der Waals surface area contributed by atoms with E-state index in [4.69, 9.17) is 11.6 Å². The molecule has 0 aliphatic carbocycles. The Balaban J connectivity index is 1.71. The molecule has 0 aromatic heterocycles. The highest BCUT2D eigenvalue weighted by atomic mass is 35.5. The van der Waals surface area contributed by atoms with Crippen molar-refractivity contribution in [1.82, 2.24) is 5.32 Å². The Bertz CT molecular complexity index is 597. The van der Waals surface area contributed by atoms with Crippen molar-refractivity contribution in [2.24, 2.45) is 0 Å². The summed E-state index contributed by atoms with van der Waals surface area (Å²) in [6.07, 6.45) is 3.07. The Hall–Kier alpha value is -1.80. The lowest BCUT2D eigenvalue weighted by molar-refractivity contribution is -0.121. The molecule has 2 aromatic carbocycles. The molecule has 0 aliphatic rings. The summed E-state index contributed by atoms with van der Waals surface area (Å²) < 4.78 is 0. The van der Waals surface area contributed by atoms with Crippen LogP contribution in [0.15, 0.2) is 54.6 Å². The number of aryl methyl sites for hydroxylation is 2. The molecule has 1 amide bonds. The van der Waals surface area contributed by atoms with Crippen LogP contribution in [0.3, 0.4) is 0 Å². The summed E-state index contributed by atoms with van der Waals surface area (Å²) in [4.78, 5) is 12.0. The minimum atomic E-state index is 0.0838. The van der Waals surface area contributed by atoms with Crippen LogP contribution in [0.5, 0.6) is 0 Å². The highest BCUT2D eigenvalue weighted by Crippen LogP contribution is 2.16. The smallest absolute Gasteiger partial charge is 0.220 e. The molecule has 2 aromatic rings. The van der Waals surface area contributed by atoms with Crippen molar-refractivity contribution in [3.8, 4) is 0 Å². The molecule has 1 unspecified atom stereocenters. The largest absolute Gasteiger partial charge is 0.354 e. The molecule has 0 saturated heterocycles. The Labute approximate surface area is 137 Å². The van der Waals surface area contributed by atoms with Crippen LogP contribution >= 0.6 is 11.6 Å². The van der Waals surface area contributed by atoms with Crippen LogP contribution < -0.4 is 5.32 Å². The van der Waals surface area contributed by atoms with Gasteiger partial charge in [-0.15, -0.1) is 0 Å². The van der Waals surface area contributed by atoms with Crippen molar-refractivity contribution in [2.75, 3.05) is 0 Å². The van der Waals surface area contributed by atoms with Gasteiger partial charge in [-0.1, -0.05) is 60.1 Å². The van der Waals surface area contributed by atoms with E-state index in [1.165, 1.54) is 5.56 Å². The van der Waals surface area contributed by atoms with E-state index in [9.17, 15) is 4.79 Å². The molecular weight excluding hydrogens is 294 g/mol. The zero-order valence-electron chi connectivity index (χ0n) is 12.9. The highest BCUT2D eigenvalue weighted by molar-refractivity contribution is 6.31. The number of carbonyl (C=O) groups is 1. The minimum Gasteiger partial charge on any atom is -0.354 e. The molecule has 3 heteroatoms. The van der Waals surface area contributed by atoms with E-state index in [1.54, 1.807) is 0 Å². The summed E-state index contributed by atoms with van der Waals surface area (Å²) in [6.45, 7) is 2.05. The van der Waals surface area contributed by atoms with E-state index in [-0.39, 0.29) is 11.9 Å². The maximum absolute atomic E-state index is 12.0. The van der Waals surface area contributed by atoms with E-state index in [0.29, 0.717) is 12.8 Å². The lowest BCUT2D eigenvalue weighted by atomic mass is 10.1. The quantitative estimate of drug-likeness (QED) is 0.805. The second kappa shape index (κ2) is 8.60. The van der Waals surface area contributed by atoms with Crippen LogP contribution in [0, 0.1) is 0 Å². The molecule has 1 N–H and O–H groups in total. The second-order valence-corrected chi connectivity index (χ2v) is 5.99. The van der Waals surface area contributed by atoms with Gasteiger partial charge in [-0.05, 0) is 43.4 Å². The molecule has 0 fully saturated rings. The summed E-state index contributed by atoms with van der Waals surface area (Å²) >= 11 is 6.10. The fourth-order valence-electron chi connectivity index (χ4n) is 2.40. The van der Waals surface area contributed by atoms with Crippen LogP contribution in [0.2, 0.25) is 5.02 Å². The average molecular weight is 316 g/mol. The fraction of sp³-hybridized carbons (Fsp3) is 0.316. The molecule has 22 heavy (non-hydrogen) atoms. The topological polar surface area (TPSA) is 29.1 Å². The van der Waals surface area contributed by atoms with Crippen LogP contribution in [0.25, 0.3) is 0 Å². The lowest BCUT2D eigenvalue weighted by Crippen LogP contribution is -2.33. The van der Waals surface area contributed by atoms with Crippen LogP contribution in [0.4, 0.5) is 0 Å². The molecule has 2 rings (SSSR count). The van der Waals surface area contributed by atoms with Crippen molar-refractivity contribution in [3.63, 3.8) is 0 Å². The van der Waals surface area contributed by atoms with Crippen molar-refractivity contribution in [3.05, 3.63) is 70.7 Å². The van der Waals surface area contributed by atoms with Gasteiger partial charge in [0.25, 0.3) is 0 Å². The van der Waals surface area contributed by atoms with Crippen molar-refractivity contribution >= 4 is 17.5 Å². The fourth-order valence-corrected chi connectivity index (χ4v) is 2.63. The summed E-state index contributed by atoms with van der Waals surface area (Å²) in [6, 6.07) is 18.2. The zero-order chi connectivity index (χ0) is 15.8. The van der Waals surface area contributed by atoms with E-state index >= 15 is 0 Å². The normalized spacial score (nSPS) is 11.9. The van der Waals surface area contributed by atoms with Gasteiger partial charge < -0.3 is 5.32 Å². The van der Waals surface area contributed by atoms with Crippen molar-refractivity contribution < 1.29 is 4.79 Å². The van der Waals surface area contributed by atoms with Gasteiger partial charge in [0.05, 0.1) is 0 Å². The van der Waals surface area contributed by atoms with Crippen LogP contribution in [-0.2, 0) is 17.6 Å². The number of benzene rings is 2. The van der Waals surface area contributed by atoms with Gasteiger partial charge in [-0.3, -0.25) is 4.79 Å². The van der Waals surface area contributed by atoms with Gasteiger partial charge in [0, 0.05) is 17.5 Å². The molecular formula is C19H22ClNO. The number of halogens is 1. The maximum atomic E-state index is 12.0. The van der Waals surface area contributed by atoms with Gasteiger partial charge in [0.1, 0.15) is 0 Å². The number of hydrogen-bond acceptors (Lipinski definition) is 1. The summed E-state index contributed by atoms with van der Waals surface area (Å²) in [5.74, 6) is 0.0838. The van der Waals surface area contributed by atoms with Crippen LogP contribution in [-0.4, -0.2) is 11.9 Å². The average Bonchev–Trinajstić information content (AvgIpc) is 2.53. The SMILES string of the molecule is CC(CCc1ccccc1)NC(=O)CCc1ccccc1Cl. The van der Waals surface area contributed by atoms with Crippen LogP contribution in [0.1, 0.15) is 30.9 Å². The third-order valence-electron chi connectivity index (χ3n) is 3.70. The number of carbonyl (C=O) groups excluding carboxylic acids is 1. The first-order valence-corrected chi connectivity index (χ1v) is 8.09. The summed E-state index contributed by atoms with van der Waals surface area (Å²) in [5.41, 5.74) is 2.33. The molecule has 0 spiro atoms. The predicted octanol–water partition coefficient (Wildman–Crippen LogP) is 4.41. The Morgan fingerprint density at radius 2 is 1.73 bits per heavy atom. The molecule has 0 aliphatic heterocycles. The highest BCUT2D eigenvalue weighted by Gasteiger charge is 2.09. The Morgan fingerprint density at radius 1 is 1.05 bits per heavy atom. The predicted molar refractivity (Wildman–Crippen MR) is 92.1 cm³/mol. The van der Waals surface area contributed by atoms with E-state index in [0.717, 1.165) is 23.4 Å². The molecule has 0 heterocycles. The Morgan fingerprint density at radius 3 is 2.45 bits per heavy atom. The third-order valence-corrected chi connectivity index (χ3v) is 4.06. The first kappa shape index (κ1) is 16.6. The summed E-state index contributed by atoms with van der Waals surface area (Å²) in [7, 11) is 0. The first-order chi connectivity index (χ1) is 10.6. The number of nitrogens with one attached hydrogen (secondary N) is 1. The standard InChI is InChI=1S/C19H22ClNO/c1-15(11-12-16-7-3-2-4-8-16)21-19(22)14-13-17-9-5-6-10-18(17)20/h2-10,15H,11-14H2,1H3,(H,21,22). The van der Waals surface area contributed by atoms with Gasteiger partial charge in [0.15, 0.2) is 0 Å². The second-order valence-electron chi connectivity index (χ2n) is 5.58. The number of hydrogen-bond donors (Lipinski definition) is 1.